The molecule has 1 aliphatic carbocycles. The van der Waals surface area contributed by atoms with Crippen LogP contribution in [0.4, 0.5) is 0 Å². The lowest BCUT2D eigenvalue weighted by atomic mass is 10.0. The molecule has 2 unspecified atom stereocenters. The highest BCUT2D eigenvalue weighted by molar-refractivity contribution is 5.93. The quantitative estimate of drug-likeness (QED) is 0.884. The lowest BCUT2D eigenvalue weighted by Gasteiger charge is -2.18. The molecule has 0 bridgehead atoms. The maximum Gasteiger partial charge on any atom is 0.254 e. The topological polar surface area (TPSA) is 72.9 Å². The predicted molar refractivity (Wildman–Crippen MR) is 85.4 cm³/mol. The van der Waals surface area contributed by atoms with Gasteiger partial charge in [0.1, 0.15) is 0 Å². The van der Waals surface area contributed by atoms with Gasteiger partial charge in [-0.25, -0.2) is 0 Å². The van der Waals surface area contributed by atoms with Gasteiger partial charge in [0.05, 0.1) is 18.3 Å². The molecule has 1 aliphatic rings. The Labute approximate surface area is 130 Å². The van der Waals surface area contributed by atoms with Gasteiger partial charge in [0.2, 0.25) is 0 Å². The Morgan fingerprint density at radius 1 is 1.32 bits per heavy atom. The van der Waals surface area contributed by atoms with Crippen molar-refractivity contribution in [3.05, 3.63) is 53.9 Å². The molecule has 1 heterocycles. The second-order valence-electron chi connectivity index (χ2n) is 5.92. The molecule has 5 nitrogen and oxygen atoms in total. The van der Waals surface area contributed by atoms with Crippen LogP contribution in [0.5, 0.6) is 0 Å². The number of aromatic nitrogens is 2. The monoisotopic (exact) mass is 298 g/mol. The van der Waals surface area contributed by atoms with E-state index in [1.54, 1.807) is 17.1 Å². The molecular weight excluding hydrogens is 276 g/mol. The largest absolute Gasteiger partial charge is 0.349 e. The zero-order chi connectivity index (χ0) is 15.4. The van der Waals surface area contributed by atoms with Crippen LogP contribution in [0.25, 0.3) is 0 Å². The number of nitrogens with zero attached hydrogens (tertiary/aromatic N) is 2. The van der Waals surface area contributed by atoms with Gasteiger partial charge in [0.25, 0.3) is 5.91 Å². The van der Waals surface area contributed by atoms with Crippen LogP contribution in [0.2, 0.25) is 0 Å². The Hall–Kier alpha value is -2.14. The first-order valence-electron chi connectivity index (χ1n) is 7.83. The first kappa shape index (κ1) is 14.8. The predicted octanol–water partition coefficient (Wildman–Crippen LogP) is 1.79. The van der Waals surface area contributed by atoms with Gasteiger partial charge in [-0.2, -0.15) is 5.10 Å². The Morgan fingerprint density at radius 3 is 2.91 bits per heavy atom. The number of amides is 1. The molecule has 1 aromatic heterocycles. The SMILES string of the molecule is NCC1CCCC1NC(=O)c1cnn(Cc2ccccc2)c1. The number of carbonyl (C=O) groups excluding carboxylic acids is 1. The van der Waals surface area contributed by atoms with Gasteiger partial charge in [-0.1, -0.05) is 36.8 Å². The molecule has 0 radical (unpaired) electrons. The zero-order valence-corrected chi connectivity index (χ0v) is 12.6. The molecule has 0 saturated heterocycles. The van der Waals surface area contributed by atoms with Gasteiger partial charge in [0, 0.05) is 12.2 Å². The third kappa shape index (κ3) is 3.36. The van der Waals surface area contributed by atoms with E-state index in [-0.39, 0.29) is 11.9 Å². The molecule has 0 aliphatic heterocycles. The van der Waals surface area contributed by atoms with E-state index >= 15 is 0 Å². The Bertz CT molecular complexity index is 623. The van der Waals surface area contributed by atoms with Gasteiger partial charge >= 0.3 is 0 Å². The van der Waals surface area contributed by atoms with E-state index in [0.717, 1.165) is 24.8 Å². The van der Waals surface area contributed by atoms with Crippen LogP contribution in [-0.2, 0) is 6.54 Å². The lowest BCUT2D eigenvalue weighted by Crippen LogP contribution is -2.39. The van der Waals surface area contributed by atoms with Crippen LogP contribution in [0.15, 0.2) is 42.7 Å². The molecule has 3 rings (SSSR count). The molecule has 1 amide bonds. The molecule has 1 fully saturated rings. The van der Waals surface area contributed by atoms with Gasteiger partial charge in [-0.15, -0.1) is 0 Å². The fraction of sp³-hybridized carbons (Fsp3) is 0.412. The van der Waals surface area contributed by atoms with Crippen LogP contribution in [0.1, 0.15) is 35.2 Å². The number of carbonyl (C=O) groups is 1. The molecule has 0 spiro atoms. The molecule has 5 heteroatoms. The molecule has 2 atom stereocenters. The zero-order valence-electron chi connectivity index (χ0n) is 12.6. The smallest absolute Gasteiger partial charge is 0.254 e. The average Bonchev–Trinajstić information content (AvgIpc) is 3.17. The van der Waals surface area contributed by atoms with E-state index < -0.39 is 0 Å². The summed E-state index contributed by atoms with van der Waals surface area (Å²) in [5.74, 6) is 0.355. The van der Waals surface area contributed by atoms with Gasteiger partial charge < -0.3 is 11.1 Å². The minimum absolute atomic E-state index is 0.0512. The standard InChI is InChI=1S/C17H22N4O/c18-9-14-7-4-8-16(14)20-17(22)15-10-19-21(12-15)11-13-5-2-1-3-6-13/h1-3,5-6,10,12,14,16H,4,7-9,11,18H2,(H,20,22). The highest BCUT2D eigenvalue weighted by Crippen LogP contribution is 2.24. The van der Waals surface area contributed by atoms with Gasteiger partial charge in [-0.3, -0.25) is 9.48 Å². The Kier molecular flexibility index (Phi) is 4.53. The highest BCUT2D eigenvalue weighted by Gasteiger charge is 2.27. The van der Waals surface area contributed by atoms with E-state index in [1.807, 2.05) is 30.3 Å². The van der Waals surface area contributed by atoms with Crippen molar-refractivity contribution in [2.45, 2.75) is 31.8 Å². The van der Waals surface area contributed by atoms with Crippen LogP contribution < -0.4 is 11.1 Å². The summed E-state index contributed by atoms with van der Waals surface area (Å²) in [5.41, 5.74) is 7.53. The summed E-state index contributed by atoms with van der Waals surface area (Å²) in [4.78, 5) is 12.3. The molecular formula is C17H22N4O. The minimum Gasteiger partial charge on any atom is -0.349 e. The van der Waals surface area contributed by atoms with Crippen molar-refractivity contribution in [3.8, 4) is 0 Å². The lowest BCUT2D eigenvalue weighted by molar-refractivity contribution is 0.0928. The molecule has 22 heavy (non-hydrogen) atoms. The van der Waals surface area contributed by atoms with Crippen LogP contribution in [-0.4, -0.2) is 28.3 Å². The van der Waals surface area contributed by atoms with Crippen molar-refractivity contribution in [1.29, 1.82) is 0 Å². The summed E-state index contributed by atoms with van der Waals surface area (Å²) in [6.07, 6.45) is 6.69. The molecule has 1 saturated carbocycles. The summed E-state index contributed by atoms with van der Waals surface area (Å²) < 4.78 is 1.79. The number of rotatable bonds is 5. The first-order chi connectivity index (χ1) is 10.8. The van der Waals surface area contributed by atoms with Crippen LogP contribution in [0, 0.1) is 5.92 Å². The second-order valence-corrected chi connectivity index (χ2v) is 5.92. The van der Waals surface area contributed by atoms with E-state index in [0.29, 0.717) is 24.6 Å². The Balaban J connectivity index is 1.62. The third-order valence-electron chi connectivity index (χ3n) is 4.36. The molecule has 116 valence electrons. The molecule has 2 aromatic rings. The number of hydrogen-bond donors (Lipinski definition) is 2. The second kappa shape index (κ2) is 6.75. The van der Waals surface area contributed by atoms with Crippen LogP contribution in [0.3, 0.4) is 0 Å². The Morgan fingerprint density at radius 2 is 2.14 bits per heavy atom. The summed E-state index contributed by atoms with van der Waals surface area (Å²) in [7, 11) is 0. The van der Waals surface area contributed by atoms with Crippen molar-refractivity contribution in [2.75, 3.05) is 6.54 Å². The van der Waals surface area contributed by atoms with Crippen molar-refractivity contribution in [2.24, 2.45) is 11.7 Å². The van der Waals surface area contributed by atoms with Crippen molar-refractivity contribution in [1.82, 2.24) is 15.1 Å². The van der Waals surface area contributed by atoms with Gasteiger partial charge in [0.15, 0.2) is 0 Å². The van der Waals surface area contributed by atoms with E-state index in [4.69, 9.17) is 5.73 Å². The highest BCUT2D eigenvalue weighted by atomic mass is 16.1. The van der Waals surface area contributed by atoms with E-state index in [2.05, 4.69) is 10.4 Å². The number of benzene rings is 1. The molecule has 3 N–H and O–H groups in total. The average molecular weight is 298 g/mol. The van der Waals surface area contributed by atoms with Crippen molar-refractivity contribution >= 4 is 5.91 Å². The third-order valence-corrected chi connectivity index (χ3v) is 4.36. The summed E-state index contributed by atoms with van der Waals surface area (Å²) in [6, 6.07) is 10.3. The minimum atomic E-state index is -0.0512. The molecule has 1 aromatic carbocycles. The van der Waals surface area contributed by atoms with E-state index in [9.17, 15) is 4.79 Å². The maximum atomic E-state index is 12.3. The summed E-state index contributed by atoms with van der Waals surface area (Å²) in [6.45, 7) is 1.31. The van der Waals surface area contributed by atoms with Crippen molar-refractivity contribution in [3.63, 3.8) is 0 Å². The fourth-order valence-corrected chi connectivity index (χ4v) is 3.10. The van der Waals surface area contributed by atoms with Gasteiger partial charge in [-0.05, 0) is 30.9 Å². The summed E-state index contributed by atoms with van der Waals surface area (Å²) >= 11 is 0. The number of nitrogens with two attached hydrogens (primary N) is 1. The first-order valence-corrected chi connectivity index (χ1v) is 7.83. The normalized spacial score (nSPS) is 21.0. The van der Waals surface area contributed by atoms with E-state index in [1.165, 1.54) is 0 Å². The fourth-order valence-electron chi connectivity index (χ4n) is 3.10. The summed E-state index contributed by atoms with van der Waals surface area (Å²) in [5, 5.41) is 7.38. The number of hydrogen-bond acceptors (Lipinski definition) is 3. The van der Waals surface area contributed by atoms with Crippen molar-refractivity contribution < 1.29 is 4.79 Å². The number of nitrogens with one attached hydrogen (secondary N) is 1. The van der Waals surface area contributed by atoms with Crippen LogP contribution >= 0.6 is 0 Å². The maximum absolute atomic E-state index is 12.3.